The zero-order chi connectivity index (χ0) is 19.9. The number of rotatable bonds is 9. The summed E-state index contributed by atoms with van der Waals surface area (Å²) >= 11 is 0. The first-order valence-corrected chi connectivity index (χ1v) is 9.53. The summed E-state index contributed by atoms with van der Waals surface area (Å²) in [6.45, 7) is 7.27. The third-order valence-electron chi connectivity index (χ3n) is 5.02. The summed E-state index contributed by atoms with van der Waals surface area (Å²) in [5.74, 6) is 1.24. The Bertz CT molecular complexity index is 621. The molecule has 1 aromatic rings. The maximum atomic E-state index is 12.6. The number of carbonyl (C=O) groups is 1. The highest BCUT2D eigenvalue weighted by molar-refractivity contribution is 5.85. The first kappa shape index (κ1) is 24.5. The molecule has 0 saturated carbocycles. The molecule has 1 saturated heterocycles. The largest absolute Gasteiger partial charge is 0.493 e. The molecule has 1 aliphatic heterocycles. The molecular weight excluding hydrogens is 382 g/mol. The number of nitrogens with two attached hydrogens (primary N) is 1. The van der Waals surface area contributed by atoms with Crippen molar-refractivity contribution in [2.45, 2.75) is 38.3 Å². The molecule has 0 bridgehead atoms. The molecule has 0 spiro atoms. The predicted molar refractivity (Wildman–Crippen MR) is 112 cm³/mol. The molecule has 28 heavy (non-hydrogen) atoms. The van der Waals surface area contributed by atoms with E-state index < -0.39 is 5.54 Å². The van der Waals surface area contributed by atoms with Crippen molar-refractivity contribution in [3.8, 4) is 11.5 Å². The van der Waals surface area contributed by atoms with Crippen LogP contribution in [0.3, 0.4) is 0 Å². The van der Waals surface area contributed by atoms with Crippen LogP contribution in [0.1, 0.15) is 38.3 Å². The molecule has 1 amide bonds. The zero-order valence-electron chi connectivity index (χ0n) is 17.3. The minimum absolute atomic E-state index is 0. The highest BCUT2D eigenvalue weighted by Gasteiger charge is 2.29. The van der Waals surface area contributed by atoms with Gasteiger partial charge in [0.2, 0.25) is 5.91 Å². The maximum Gasteiger partial charge on any atom is 0.239 e. The predicted octanol–water partition coefficient (Wildman–Crippen LogP) is 2.13. The van der Waals surface area contributed by atoms with Crippen LogP contribution in [0.15, 0.2) is 18.2 Å². The third-order valence-corrected chi connectivity index (χ3v) is 5.02. The molecule has 2 atom stereocenters. The average molecular weight is 416 g/mol. The van der Waals surface area contributed by atoms with E-state index in [0.717, 1.165) is 25.1 Å². The smallest absolute Gasteiger partial charge is 0.239 e. The van der Waals surface area contributed by atoms with Crippen LogP contribution in [-0.2, 0) is 9.53 Å². The van der Waals surface area contributed by atoms with Crippen LogP contribution >= 0.6 is 12.4 Å². The summed E-state index contributed by atoms with van der Waals surface area (Å²) in [5, 5.41) is 3.05. The van der Waals surface area contributed by atoms with Crippen molar-refractivity contribution in [2.24, 2.45) is 5.73 Å². The van der Waals surface area contributed by atoms with Gasteiger partial charge in [0.15, 0.2) is 11.5 Å². The van der Waals surface area contributed by atoms with Crippen LogP contribution < -0.4 is 20.5 Å². The summed E-state index contributed by atoms with van der Waals surface area (Å²) in [6.07, 6.45) is 1.51. The number of benzene rings is 1. The number of hydrogen-bond acceptors (Lipinski definition) is 6. The van der Waals surface area contributed by atoms with Gasteiger partial charge < -0.3 is 25.3 Å². The lowest BCUT2D eigenvalue weighted by molar-refractivity contribution is -0.126. The second-order valence-electron chi connectivity index (χ2n) is 7.16. The van der Waals surface area contributed by atoms with E-state index in [1.54, 1.807) is 21.1 Å². The standard InChI is InChI=1S/C20H33N3O4.ClH/c1-5-8-20(2,21)19(24)22-14-16(23-9-11-27-12-10-23)15-6-7-17(25-3)18(13-15)26-4;/h6-7,13,16H,5,8-12,14,21H2,1-4H3,(H,22,24);1H. The molecule has 1 aromatic carbocycles. The van der Waals surface area contributed by atoms with Gasteiger partial charge in [-0.15, -0.1) is 12.4 Å². The van der Waals surface area contributed by atoms with E-state index in [9.17, 15) is 4.79 Å². The van der Waals surface area contributed by atoms with Crippen molar-refractivity contribution < 1.29 is 19.0 Å². The Labute approximate surface area is 174 Å². The fourth-order valence-corrected chi connectivity index (χ4v) is 3.43. The quantitative estimate of drug-likeness (QED) is 0.642. The number of morpholine rings is 1. The van der Waals surface area contributed by atoms with E-state index in [1.807, 2.05) is 25.1 Å². The van der Waals surface area contributed by atoms with Crippen LogP contribution in [0.25, 0.3) is 0 Å². The van der Waals surface area contributed by atoms with Crippen molar-refractivity contribution in [3.63, 3.8) is 0 Å². The highest BCUT2D eigenvalue weighted by Crippen LogP contribution is 2.32. The molecule has 2 unspecified atom stereocenters. The van der Waals surface area contributed by atoms with Crippen LogP contribution in [0.2, 0.25) is 0 Å². The van der Waals surface area contributed by atoms with Crippen LogP contribution in [0.5, 0.6) is 11.5 Å². The van der Waals surface area contributed by atoms with Crippen molar-refractivity contribution >= 4 is 18.3 Å². The van der Waals surface area contributed by atoms with Gasteiger partial charge in [-0.3, -0.25) is 9.69 Å². The lowest BCUT2D eigenvalue weighted by Gasteiger charge is -2.35. The fraction of sp³-hybridized carbons (Fsp3) is 0.650. The second kappa shape index (κ2) is 11.5. The minimum Gasteiger partial charge on any atom is -0.493 e. The molecule has 0 aromatic heterocycles. The summed E-state index contributed by atoms with van der Waals surface area (Å²) in [7, 11) is 3.24. The number of carbonyl (C=O) groups excluding carboxylic acids is 1. The highest BCUT2D eigenvalue weighted by atomic mass is 35.5. The van der Waals surface area contributed by atoms with Gasteiger partial charge in [-0.2, -0.15) is 0 Å². The number of nitrogens with zero attached hydrogens (tertiary/aromatic N) is 1. The van der Waals surface area contributed by atoms with Crippen molar-refractivity contribution in [2.75, 3.05) is 47.1 Å². The lowest BCUT2D eigenvalue weighted by Crippen LogP contribution is -2.53. The number of amides is 1. The van der Waals surface area contributed by atoms with E-state index in [2.05, 4.69) is 10.2 Å². The Morgan fingerprint density at radius 3 is 2.50 bits per heavy atom. The molecule has 3 N–H and O–H groups in total. The molecular formula is C20H34ClN3O4. The van der Waals surface area contributed by atoms with Crippen LogP contribution in [0, 0.1) is 0 Å². The van der Waals surface area contributed by atoms with E-state index in [4.69, 9.17) is 19.9 Å². The molecule has 0 aliphatic carbocycles. The normalized spacial score (nSPS) is 17.8. The van der Waals surface area contributed by atoms with E-state index >= 15 is 0 Å². The molecule has 1 fully saturated rings. The Morgan fingerprint density at radius 1 is 1.29 bits per heavy atom. The first-order chi connectivity index (χ1) is 12.9. The number of nitrogens with one attached hydrogen (secondary N) is 1. The topological polar surface area (TPSA) is 86.1 Å². The van der Waals surface area contributed by atoms with E-state index in [1.165, 1.54) is 0 Å². The first-order valence-electron chi connectivity index (χ1n) is 9.53. The summed E-state index contributed by atoms with van der Waals surface area (Å²) in [6, 6.07) is 5.89. The monoisotopic (exact) mass is 415 g/mol. The average Bonchev–Trinajstić information content (AvgIpc) is 2.68. The summed E-state index contributed by atoms with van der Waals surface area (Å²) < 4.78 is 16.3. The van der Waals surface area contributed by atoms with Crippen molar-refractivity contribution in [3.05, 3.63) is 23.8 Å². The number of hydrogen-bond donors (Lipinski definition) is 2. The van der Waals surface area contributed by atoms with Crippen LogP contribution in [0.4, 0.5) is 0 Å². The molecule has 0 radical (unpaired) electrons. The summed E-state index contributed by atoms with van der Waals surface area (Å²) in [4.78, 5) is 14.9. The molecule has 7 nitrogen and oxygen atoms in total. The molecule has 1 aliphatic rings. The van der Waals surface area contributed by atoms with Crippen molar-refractivity contribution in [1.29, 1.82) is 0 Å². The van der Waals surface area contributed by atoms with Crippen LogP contribution in [-0.4, -0.2) is 63.4 Å². The lowest BCUT2D eigenvalue weighted by atomic mass is 9.96. The molecule has 1 heterocycles. The SMILES string of the molecule is CCCC(C)(N)C(=O)NCC(c1ccc(OC)c(OC)c1)N1CCOCC1.Cl. The van der Waals surface area contributed by atoms with Gasteiger partial charge >= 0.3 is 0 Å². The van der Waals surface area contributed by atoms with Gasteiger partial charge in [0.25, 0.3) is 0 Å². The molecule has 160 valence electrons. The molecule has 2 rings (SSSR count). The Kier molecular flexibility index (Phi) is 10.0. The maximum absolute atomic E-state index is 12.6. The van der Waals surface area contributed by atoms with Crippen molar-refractivity contribution in [1.82, 2.24) is 10.2 Å². The second-order valence-corrected chi connectivity index (χ2v) is 7.16. The minimum atomic E-state index is -0.859. The Morgan fingerprint density at radius 2 is 1.93 bits per heavy atom. The fourth-order valence-electron chi connectivity index (χ4n) is 3.43. The Balaban J connectivity index is 0.00000392. The zero-order valence-corrected chi connectivity index (χ0v) is 18.1. The number of ether oxygens (including phenoxy) is 3. The van der Waals surface area contributed by atoms with Gasteiger partial charge in [-0.25, -0.2) is 0 Å². The van der Waals surface area contributed by atoms with Gasteiger partial charge in [-0.1, -0.05) is 19.4 Å². The van der Waals surface area contributed by atoms with E-state index in [-0.39, 0.29) is 24.4 Å². The van der Waals surface area contributed by atoms with Gasteiger partial charge in [0.1, 0.15) is 0 Å². The van der Waals surface area contributed by atoms with Gasteiger partial charge in [0, 0.05) is 19.6 Å². The number of halogens is 1. The Hall–Kier alpha value is -1.54. The van der Waals surface area contributed by atoms with Gasteiger partial charge in [-0.05, 0) is 31.0 Å². The summed E-state index contributed by atoms with van der Waals surface area (Å²) in [5.41, 5.74) is 6.38. The van der Waals surface area contributed by atoms with Gasteiger partial charge in [0.05, 0.1) is 39.0 Å². The third kappa shape index (κ3) is 6.24. The number of methoxy groups -OCH3 is 2. The van der Waals surface area contributed by atoms with E-state index in [0.29, 0.717) is 37.7 Å². The molecule has 8 heteroatoms.